The number of hydrogen-bond donors (Lipinski definition) is 1. The zero-order valence-corrected chi connectivity index (χ0v) is 22.5. The second kappa shape index (κ2) is 9.29. The Bertz CT molecular complexity index is 2150. The molecule has 0 unspecified atom stereocenters. The van der Waals surface area contributed by atoms with Crippen molar-refractivity contribution < 1.29 is 0 Å². The minimum absolute atomic E-state index is 0.906. The van der Waals surface area contributed by atoms with E-state index in [9.17, 15) is 0 Å². The smallest absolute Gasteiger partial charge is 0.0775 e. The van der Waals surface area contributed by atoms with Crippen molar-refractivity contribution in [2.24, 2.45) is 0 Å². The summed E-state index contributed by atoms with van der Waals surface area (Å²) in [5, 5.41) is 8.44. The number of para-hydroxylation sites is 3. The van der Waals surface area contributed by atoms with Gasteiger partial charge in [-0.25, -0.2) is 0 Å². The highest BCUT2D eigenvalue weighted by Crippen LogP contribution is 2.45. The Morgan fingerprint density at radius 2 is 1.34 bits per heavy atom. The number of allylic oxidation sites excluding steroid dienone is 1. The van der Waals surface area contributed by atoms with Gasteiger partial charge in [-0.15, -0.1) is 0 Å². The fourth-order valence-electron chi connectivity index (χ4n) is 6.19. The van der Waals surface area contributed by atoms with Crippen molar-refractivity contribution in [3.05, 3.63) is 158 Å². The number of benzene rings is 6. The van der Waals surface area contributed by atoms with E-state index in [-0.39, 0.29) is 0 Å². The Labute approximate surface area is 238 Å². The van der Waals surface area contributed by atoms with Crippen LogP contribution in [-0.4, -0.2) is 4.57 Å². The van der Waals surface area contributed by atoms with Gasteiger partial charge in [0, 0.05) is 39.6 Å². The van der Waals surface area contributed by atoms with Gasteiger partial charge in [0.1, 0.15) is 0 Å². The van der Waals surface area contributed by atoms with Gasteiger partial charge in [-0.05, 0) is 70.9 Å². The Morgan fingerprint density at radius 3 is 2.24 bits per heavy atom. The normalized spacial score (nSPS) is 13.0. The average Bonchev–Trinajstić information content (AvgIpc) is 3.25. The van der Waals surface area contributed by atoms with Crippen molar-refractivity contribution in [2.75, 3.05) is 10.2 Å². The van der Waals surface area contributed by atoms with Crippen molar-refractivity contribution in [2.45, 2.75) is 0 Å². The largest absolute Gasteiger partial charge is 0.360 e. The van der Waals surface area contributed by atoms with E-state index in [1.165, 1.54) is 32.6 Å². The van der Waals surface area contributed by atoms with Crippen molar-refractivity contribution in [3.8, 4) is 16.8 Å². The summed E-state index contributed by atoms with van der Waals surface area (Å²) in [7, 11) is 0. The van der Waals surface area contributed by atoms with Crippen LogP contribution in [0.4, 0.5) is 17.1 Å². The second-order valence-corrected chi connectivity index (χ2v) is 10.5. The van der Waals surface area contributed by atoms with E-state index >= 15 is 0 Å². The molecule has 0 radical (unpaired) electrons. The van der Waals surface area contributed by atoms with Crippen LogP contribution in [0.15, 0.2) is 158 Å². The van der Waals surface area contributed by atoms with E-state index < -0.39 is 0 Å². The van der Waals surface area contributed by atoms with Gasteiger partial charge in [0.15, 0.2) is 0 Å². The van der Waals surface area contributed by atoms with Crippen LogP contribution in [0.25, 0.3) is 49.4 Å². The molecule has 3 heteroatoms. The number of nitrogens with one attached hydrogen (secondary N) is 1. The molecule has 0 atom stereocenters. The molecular formula is C38H27N3. The number of nitrogens with zero attached hydrogens (tertiary/aromatic N) is 2. The summed E-state index contributed by atoms with van der Waals surface area (Å²) in [5.41, 5.74) is 9.98. The van der Waals surface area contributed by atoms with Gasteiger partial charge in [0.2, 0.25) is 0 Å². The fourth-order valence-corrected chi connectivity index (χ4v) is 6.19. The van der Waals surface area contributed by atoms with Crippen LogP contribution >= 0.6 is 0 Å². The van der Waals surface area contributed by atoms with Gasteiger partial charge < -0.3 is 14.8 Å². The average molecular weight is 526 g/mol. The molecule has 7 aromatic rings. The number of rotatable bonds is 3. The highest BCUT2D eigenvalue weighted by Gasteiger charge is 2.22. The lowest BCUT2D eigenvalue weighted by Gasteiger charge is -2.28. The number of aromatic nitrogens is 1. The molecule has 1 N–H and O–H groups in total. The first-order valence-corrected chi connectivity index (χ1v) is 13.9. The summed E-state index contributed by atoms with van der Waals surface area (Å²) in [6.45, 7) is 4.41. The molecule has 194 valence electrons. The third kappa shape index (κ3) is 3.75. The summed E-state index contributed by atoms with van der Waals surface area (Å²) in [6, 6.07) is 47.7. The Balaban J connectivity index is 1.36. The van der Waals surface area contributed by atoms with Crippen LogP contribution < -0.4 is 10.2 Å². The monoisotopic (exact) mass is 525 g/mol. The molecule has 41 heavy (non-hydrogen) atoms. The molecule has 3 nitrogen and oxygen atoms in total. The molecule has 0 fully saturated rings. The molecule has 6 aromatic carbocycles. The molecule has 2 heterocycles. The first kappa shape index (κ1) is 23.4. The van der Waals surface area contributed by atoms with Crippen molar-refractivity contribution in [1.82, 2.24) is 4.57 Å². The summed E-state index contributed by atoms with van der Waals surface area (Å²) in [6.07, 6.45) is 3.99. The van der Waals surface area contributed by atoms with Crippen LogP contribution in [0.3, 0.4) is 0 Å². The fraction of sp³-hybridized carbons (Fsp3) is 0. The van der Waals surface area contributed by atoms with Crippen LogP contribution in [0, 0.1) is 0 Å². The van der Waals surface area contributed by atoms with Gasteiger partial charge in [0.05, 0.1) is 22.4 Å². The summed E-state index contributed by atoms with van der Waals surface area (Å²) in [4.78, 5) is 2.24. The van der Waals surface area contributed by atoms with Crippen LogP contribution in [0.2, 0.25) is 0 Å². The molecule has 0 saturated heterocycles. The van der Waals surface area contributed by atoms with E-state index in [0.717, 1.165) is 39.6 Å². The predicted octanol–water partition coefficient (Wildman–Crippen LogP) is 10.2. The van der Waals surface area contributed by atoms with Crippen LogP contribution in [0.1, 0.15) is 0 Å². The van der Waals surface area contributed by atoms with Crippen LogP contribution in [0.5, 0.6) is 0 Å². The van der Waals surface area contributed by atoms with E-state index in [2.05, 4.69) is 149 Å². The molecule has 0 spiro atoms. The first-order valence-electron chi connectivity index (χ1n) is 13.9. The maximum Gasteiger partial charge on any atom is 0.0775 e. The molecular weight excluding hydrogens is 498 g/mol. The van der Waals surface area contributed by atoms with Crippen molar-refractivity contribution >= 4 is 49.6 Å². The second-order valence-electron chi connectivity index (χ2n) is 10.5. The van der Waals surface area contributed by atoms with Gasteiger partial charge in [-0.2, -0.15) is 0 Å². The molecule has 0 aliphatic carbocycles. The number of fused-ring (bicyclic) bond motifs is 5. The van der Waals surface area contributed by atoms with Gasteiger partial charge in [0.25, 0.3) is 0 Å². The van der Waals surface area contributed by atoms with Gasteiger partial charge in [-0.1, -0.05) is 91.5 Å². The maximum absolute atomic E-state index is 4.41. The molecule has 0 bridgehead atoms. The first-order chi connectivity index (χ1) is 20.3. The Hall–Kier alpha value is -5.54. The van der Waals surface area contributed by atoms with E-state index in [1.807, 2.05) is 18.3 Å². The predicted molar refractivity (Wildman–Crippen MR) is 174 cm³/mol. The lowest BCUT2D eigenvalue weighted by Crippen LogP contribution is -2.15. The lowest BCUT2D eigenvalue weighted by atomic mass is 9.98. The molecule has 0 amide bonds. The molecule has 8 rings (SSSR count). The Kier molecular flexibility index (Phi) is 5.29. The zero-order chi connectivity index (χ0) is 27.3. The summed E-state index contributed by atoms with van der Waals surface area (Å²) < 4.78 is 2.38. The SMILES string of the molecule is C=C1C=CNc2cccc(-c3ccc4c(c3)c3ccccc3n4-c3ccc4ccccc4c3)c2N1c1ccccc1. The van der Waals surface area contributed by atoms with E-state index in [1.54, 1.807) is 0 Å². The van der Waals surface area contributed by atoms with Crippen molar-refractivity contribution in [1.29, 1.82) is 0 Å². The van der Waals surface area contributed by atoms with Crippen LogP contribution in [-0.2, 0) is 0 Å². The number of anilines is 3. The molecule has 1 aliphatic heterocycles. The number of hydrogen-bond acceptors (Lipinski definition) is 2. The minimum atomic E-state index is 0.906. The topological polar surface area (TPSA) is 20.2 Å². The standard InChI is InChI=1S/C38H27N3/c1-26-22-23-39-35-16-9-15-32(38(35)40(26)30-12-3-2-4-13-30)29-19-21-37-34(25-29)33-14-7-8-17-36(33)41(37)31-20-18-27-10-5-6-11-28(27)24-31/h2-25,39H,1H2. The van der Waals surface area contributed by atoms with E-state index in [0.29, 0.717) is 0 Å². The third-order valence-corrected chi connectivity index (χ3v) is 8.05. The highest BCUT2D eigenvalue weighted by molar-refractivity contribution is 6.11. The Morgan fingerprint density at radius 1 is 0.561 bits per heavy atom. The maximum atomic E-state index is 4.41. The summed E-state index contributed by atoms with van der Waals surface area (Å²) >= 11 is 0. The summed E-state index contributed by atoms with van der Waals surface area (Å²) in [5.74, 6) is 0. The molecule has 1 aliphatic rings. The third-order valence-electron chi connectivity index (χ3n) is 8.05. The quantitative estimate of drug-likeness (QED) is 0.248. The molecule has 0 saturated carbocycles. The van der Waals surface area contributed by atoms with Gasteiger partial charge >= 0.3 is 0 Å². The van der Waals surface area contributed by atoms with E-state index in [4.69, 9.17) is 0 Å². The minimum Gasteiger partial charge on any atom is -0.360 e. The van der Waals surface area contributed by atoms with Gasteiger partial charge in [-0.3, -0.25) is 0 Å². The highest BCUT2D eigenvalue weighted by atomic mass is 15.2. The zero-order valence-electron chi connectivity index (χ0n) is 22.5. The lowest BCUT2D eigenvalue weighted by molar-refractivity contribution is 1.19. The molecule has 1 aromatic heterocycles. The van der Waals surface area contributed by atoms with Crippen molar-refractivity contribution in [3.63, 3.8) is 0 Å².